The number of hydrogen-bond donors (Lipinski definition) is 2. The van der Waals surface area contributed by atoms with Crippen molar-refractivity contribution in [1.29, 1.82) is 0 Å². The Morgan fingerprint density at radius 3 is 2.85 bits per heavy atom. The van der Waals surface area contributed by atoms with Gasteiger partial charge >= 0.3 is 0 Å². The predicted molar refractivity (Wildman–Crippen MR) is 85.1 cm³/mol. The second-order valence-electron chi connectivity index (χ2n) is 4.67. The topological polar surface area (TPSA) is 67.1 Å². The zero-order valence-corrected chi connectivity index (χ0v) is 12.8. The van der Waals surface area contributed by atoms with Crippen molar-refractivity contribution in [3.63, 3.8) is 0 Å². The molecule has 2 aromatic heterocycles. The highest BCUT2D eigenvalue weighted by atomic mass is 32.1. The van der Waals surface area contributed by atoms with Gasteiger partial charge in [0, 0.05) is 24.0 Å². The molecule has 0 aliphatic carbocycles. The molecule has 2 aromatic rings. The van der Waals surface area contributed by atoms with Gasteiger partial charge in [-0.3, -0.25) is 0 Å². The third-order valence-corrected chi connectivity index (χ3v) is 4.13. The number of hydrogen-bond acceptors (Lipinski definition) is 6. The Balaban J connectivity index is 2.13. The maximum atomic E-state index is 5.54. The number of nitrogens with one attached hydrogen (secondary N) is 1. The van der Waals surface area contributed by atoms with Crippen LogP contribution in [0.4, 0.5) is 11.6 Å². The van der Waals surface area contributed by atoms with Gasteiger partial charge in [-0.05, 0) is 24.3 Å². The van der Waals surface area contributed by atoms with E-state index in [1.165, 1.54) is 4.88 Å². The molecule has 3 N–H and O–H groups in total. The number of nitrogen functional groups attached to an aromatic ring is 1. The zero-order chi connectivity index (χ0) is 14.4. The highest BCUT2D eigenvalue weighted by Gasteiger charge is 2.13. The van der Waals surface area contributed by atoms with E-state index in [0.29, 0.717) is 0 Å². The fourth-order valence-electron chi connectivity index (χ4n) is 2.18. The zero-order valence-electron chi connectivity index (χ0n) is 12.0. The van der Waals surface area contributed by atoms with E-state index in [1.807, 2.05) is 0 Å². The molecule has 0 amide bonds. The van der Waals surface area contributed by atoms with Gasteiger partial charge in [0.25, 0.3) is 0 Å². The van der Waals surface area contributed by atoms with E-state index in [-0.39, 0.29) is 0 Å². The summed E-state index contributed by atoms with van der Waals surface area (Å²) in [4.78, 5) is 12.2. The van der Waals surface area contributed by atoms with Crippen LogP contribution in [-0.2, 0) is 12.8 Å². The van der Waals surface area contributed by atoms with Crippen molar-refractivity contribution in [3.8, 4) is 0 Å². The van der Waals surface area contributed by atoms with Crippen LogP contribution in [0.25, 0.3) is 0 Å². The van der Waals surface area contributed by atoms with Crippen molar-refractivity contribution >= 4 is 23.0 Å². The first-order valence-electron chi connectivity index (χ1n) is 6.80. The van der Waals surface area contributed by atoms with E-state index in [9.17, 15) is 0 Å². The molecule has 0 saturated heterocycles. The number of nitrogens with two attached hydrogens (primary N) is 1. The molecule has 0 fully saturated rings. The molecule has 20 heavy (non-hydrogen) atoms. The molecule has 0 unspecified atom stereocenters. The fourth-order valence-corrected chi connectivity index (χ4v) is 2.87. The summed E-state index contributed by atoms with van der Waals surface area (Å²) in [5, 5.41) is 2.11. The van der Waals surface area contributed by atoms with E-state index >= 15 is 0 Å². The Labute approximate surface area is 123 Å². The number of nitrogens with zero attached hydrogens (tertiary/aromatic N) is 3. The first-order chi connectivity index (χ1) is 9.76. The van der Waals surface area contributed by atoms with Crippen molar-refractivity contribution in [2.75, 3.05) is 23.9 Å². The number of anilines is 2. The van der Waals surface area contributed by atoms with Gasteiger partial charge < -0.3 is 10.3 Å². The number of thiophene rings is 1. The van der Waals surface area contributed by atoms with Crippen molar-refractivity contribution in [1.82, 2.24) is 9.97 Å². The molecule has 2 rings (SSSR count). The summed E-state index contributed by atoms with van der Waals surface area (Å²) in [5.41, 5.74) is 3.76. The van der Waals surface area contributed by atoms with Gasteiger partial charge in [-0.1, -0.05) is 19.4 Å². The summed E-state index contributed by atoms with van der Waals surface area (Å²) >= 11 is 1.79. The molecule has 0 aliphatic heterocycles. The number of rotatable bonds is 7. The summed E-state index contributed by atoms with van der Waals surface area (Å²) in [6, 6.07) is 4.25. The summed E-state index contributed by atoms with van der Waals surface area (Å²) in [5.74, 6) is 7.23. The molecule has 0 atom stereocenters. The summed E-state index contributed by atoms with van der Waals surface area (Å²) < 4.78 is 0. The minimum absolute atomic E-state index is 0.722. The van der Waals surface area contributed by atoms with Gasteiger partial charge in [-0.25, -0.2) is 15.8 Å². The van der Waals surface area contributed by atoms with Crippen LogP contribution in [0.3, 0.4) is 0 Å². The molecule has 2 heterocycles. The lowest BCUT2D eigenvalue weighted by molar-refractivity contribution is 0.831. The molecule has 0 saturated carbocycles. The van der Waals surface area contributed by atoms with Crippen LogP contribution in [0, 0.1) is 0 Å². The average molecular weight is 291 g/mol. The molecule has 6 heteroatoms. The van der Waals surface area contributed by atoms with E-state index in [1.54, 1.807) is 17.7 Å². The Morgan fingerprint density at radius 1 is 1.35 bits per heavy atom. The smallest absolute Gasteiger partial charge is 0.148 e. The molecule has 0 spiro atoms. The van der Waals surface area contributed by atoms with E-state index in [2.05, 4.69) is 51.8 Å². The normalized spacial score (nSPS) is 10.6. The van der Waals surface area contributed by atoms with Crippen molar-refractivity contribution in [2.24, 2.45) is 5.84 Å². The van der Waals surface area contributed by atoms with Crippen molar-refractivity contribution < 1.29 is 0 Å². The van der Waals surface area contributed by atoms with Crippen molar-refractivity contribution in [2.45, 2.75) is 26.2 Å². The minimum atomic E-state index is 0.722. The Hall–Kier alpha value is -1.66. The molecular weight excluding hydrogens is 270 g/mol. The predicted octanol–water partition coefficient (Wildman–Crippen LogP) is 2.46. The van der Waals surface area contributed by atoms with Gasteiger partial charge in [0.2, 0.25) is 0 Å². The number of hydrazine groups is 1. The summed E-state index contributed by atoms with van der Waals surface area (Å²) in [6.45, 7) is 3.07. The maximum absolute atomic E-state index is 5.54. The van der Waals surface area contributed by atoms with Crippen LogP contribution in [0.2, 0.25) is 0 Å². The maximum Gasteiger partial charge on any atom is 0.148 e. The molecule has 0 bridgehead atoms. The SMILES string of the molecule is CCCc1c(NN)ncnc1N(C)CCc1cccs1. The van der Waals surface area contributed by atoms with Gasteiger partial charge in [-0.2, -0.15) is 0 Å². The molecule has 108 valence electrons. The van der Waals surface area contributed by atoms with Gasteiger partial charge in [-0.15, -0.1) is 11.3 Å². The largest absolute Gasteiger partial charge is 0.359 e. The molecule has 0 radical (unpaired) electrons. The standard InChI is InChI=1S/C14H21N5S/c1-3-5-12-13(18-15)16-10-17-14(12)19(2)8-7-11-6-4-9-20-11/h4,6,9-10H,3,5,7-8,15H2,1-2H3,(H,16,17,18). The third kappa shape index (κ3) is 3.46. The average Bonchev–Trinajstić information content (AvgIpc) is 2.98. The fraction of sp³-hybridized carbons (Fsp3) is 0.429. The third-order valence-electron chi connectivity index (χ3n) is 3.19. The van der Waals surface area contributed by atoms with Crippen LogP contribution in [0.1, 0.15) is 23.8 Å². The summed E-state index contributed by atoms with van der Waals surface area (Å²) in [7, 11) is 2.06. The monoisotopic (exact) mass is 291 g/mol. The molecule has 0 aliphatic rings. The van der Waals surface area contributed by atoms with E-state index in [4.69, 9.17) is 5.84 Å². The summed E-state index contributed by atoms with van der Waals surface area (Å²) in [6.07, 6.45) is 4.54. The molecular formula is C14H21N5S. The Morgan fingerprint density at radius 2 is 2.20 bits per heavy atom. The van der Waals surface area contributed by atoms with E-state index < -0.39 is 0 Å². The van der Waals surface area contributed by atoms with Crippen LogP contribution in [0.5, 0.6) is 0 Å². The second-order valence-corrected chi connectivity index (χ2v) is 5.70. The number of aromatic nitrogens is 2. The Kier molecular flexibility index (Phi) is 5.31. The first kappa shape index (κ1) is 14.7. The van der Waals surface area contributed by atoms with E-state index in [0.717, 1.165) is 43.0 Å². The van der Waals surface area contributed by atoms with Gasteiger partial charge in [0.05, 0.1) is 0 Å². The lowest BCUT2D eigenvalue weighted by Gasteiger charge is -2.22. The van der Waals surface area contributed by atoms with Crippen LogP contribution in [0.15, 0.2) is 23.8 Å². The lowest BCUT2D eigenvalue weighted by atomic mass is 10.1. The highest BCUT2D eigenvalue weighted by Crippen LogP contribution is 2.24. The van der Waals surface area contributed by atoms with Gasteiger partial charge in [0.15, 0.2) is 0 Å². The first-order valence-corrected chi connectivity index (χ1v) is 7.68. The van der Waals surface area contributed by atoms with Crippen LogP contribution < -0.4 is 16.2 Å². The lowest BCUT2D eigenvalue weighted by Crippen LogP contribution is -2.24. The minimum Gasteiger partial charge on any atom is -0.359 e. The molecule has 0 aromatic carbocycles. The van der Waals surface area contributed by atoms with Crippen LogP contribution in [-0.4, -0.2) is 23.6 Å². The van der Waals surface area contributed by atoms with Gasteiger partial charge in [0.1, 0.15) is 18.0 Å². The second kappa shape index (κ2) is 7.21. The highest BCUT2D eigenvalue weighted by molar-refractivity contribution is 7.09. The molecule has 5 nitrogen and oxygen atoms in total. The van der Waals surface area contributed by atoms with Crippen LogP contribution >= 0.6 is 11.3 Å². The quantitative estimate of drug-likeness (QED) is 0.606. The number of likely N-dealkylation sites (N-methyl/N-ethyl adjacent to an activating group) is 1. The van der Waals surface area contributed by atoms with Crippen molar-refractivity contribution in [3.05, 3.63) is 34.3 Å². The Bertz CT molecular complexity index is 526.